The van der Waals surface area contributed by atoms with E-state index in [4.69, 9.17) is 14.2 Å². The van der Waals surface area contributed by atoms with Gasteiger partial charge in [-0.2, -0.15) is 0 Å². The first-order valence-electron chi connectivity index (χ1n) is 9.57. The summed E-state index contributed by atoms with van der Waals surface area (Å²) >= 11 is 0. The van der Waals surface area contributed by atoms with Crippen molar-refractivity contribution in [1.29, 1.82) is 0 Å². The van der Waals surface area contributed by atoms with Crippen LogP contribution in [0.1, 0.15) is 11.1 Å². The Labute approximate surface area is 170 Å². The van der Waals surface area contributed by atoms with Gasteiger partial charge in [-0.1, -0.05) is 36.4 Å². The molecule has 0 aliphatic heterocycles. The number of amides is 1. The summed E-state index contributed by atoms with van der Waals surface area (Å²) in [4.78, 5) is 15.0. The van der Waals surface area contributed by atoms with E-state index in [0.717, 1.165) is 27.8 Å². The molecule has 0 unspecified atom stereocenters. The molecule has 0 aliphatic rings. The van der Waals surface area contributed by atoms with E-state index in [1.54, 1.807) is 13.2 Å². The first kappa shape index (κ1) is 20.5. The van der Waals surface area contributed by atoms with Crippen molar-refractivity contribution in [1.82, 2.24) is 10.3 Å². The number of methoxy groups -OCH3 is 1. The normalized spacial score (nSPS) is 11.1. The van der Waals surface area contributed by atoms with Crippen molar-refractivity contribution in [2.45, 2.75) is 13.0 Å². The fourth-order valence-electron chi connectivity index (χ4n) is 2.92. The molecule has 2 N–H and O–H groups in total. The molecular formula is C23H26N2O4. The van der Waals surface area contributed by atoms with Crippen molar-refractivity contribution < 1.29 is 19.0 Å². The molecule has 0 aliphatic carbocycles. The number of nitrogens with one attached hydrogen (secondary N) is 2. The van der Waals surface area contributed by atoms with E-state index in [9.17, 15) is 4.79 Å². The highest BCUT2D eigenvalue weighted by Gasteiger charge is 2.06. The van der Waals surface area contributed by atoms with Crippen molar-refractivity contribution in [3.05, 3.63) is 78.0 Å². The highest BCUT2D eigenvalue weighted by atomic mass is 16.5. The Morgan fingerprint density at radius 2 is 1.93 bits per heavy atom. The highest BCUT2D eigenvalue weighted by molar-refractivity contribution is 5.84. The van der Waals surface area contributed by atoms with Crippen molar-refractivity contribution >= 4 is 17.0 Å². The van der Waals surface area contributed by atoms with Crippen LogP contribution in [0.15, 0.2) is 66.9 Å². The molecule has 0 fully saturated rings. The van der Waals surface area contributed by atoms with E-state index in [-0.39, 0.29) is 6.61 Å². The second-order valence-corrected chi connectivity index (χ2v) is 6.47. The maximum Gasteiger partial charge on any atom is 0.407 e. The minimum Gasteiger partial charge on any atom is -0.497 e. The van der Waals surface area contributed by atoms with Gasteiger partial charge >= 0.3 is 6.09 Å². The first-order chi connectivity index (χ1) is 14.3. The number of H-pyrrole nitrogens is 1. The number of fused-ring (bicyclic) bond motifs is 1. The number of hydrogen-bond donors (Lipinski definition) is 2. The van der Waals surface area contributed by atoms with Gasteiger partial charge in [-0.15, -0.1) is 0 Å². The Kier molecular flexibility index (Phi) is 7.72. The summed E-state index contributed by atoms with van der Waals surface area (Å²) in [6.07, 6.45) is 5.84. The quantitative estimate of drug-likeness (QED) is 0.399. The molecule has 6 heteroatoms. The molecule has 0 saturated carbocycles. The lowest BCUT2D eigenvalue weighted by atomic mass is 10.1. The third kappa shape index (κ3) is 6.40. The lowest BCUT2D eigenvalue weighted by Gasteiger charge is -2.05. The van der Waals surface area contributed by atoms with Crippen molar-refractivity contribution in [2.75, 3.05) is 26.9 Å². The van der Waals surface area contributed by atoms with Crippen LogP contribution in [0.3, 0.4) is 0 Å². The van der Waals surface area contributed by atoms with Gasteiger partial charge < -0.3 is 24.5 Å². The number of aromatic nitrogens is 1. The number of carbonyl (C=O) groups is 1. The Hall–Kier alpha value is -3.25. The second kappa shape index (κ2) is 10.9. The zero-order chi connectivity index (χ0) is 20.3. The smallest absolute Gasteiger partial charge is 0.407 e. The molecule has 1 amide bonds. The molecule has 1 aromatic heterocycles. The summed E-state index contributed by atoms with van der Waals surface area (Å²) in [6.45, 7) is 1.74. The zero-order valence-corrected chi connectivity index (χ0v) is 16.5. The van der Waals surface area contributed by atoms with Crippen LogP contribution in [0.2, 0.25) is 0 Å². The fraction of sp³-hybridized carbons (Fsp3) is 0.261. The topological polar surface area (TPSA) is 72.6 Å². The molecule has 2 aromatic carbocycles. The van der Waals surface area contributed by atoms with Crippen molar-refractivity contribution in [3.63, 3.8) is 0 Å². The lowest BCUT2D eigenvalue weighted by molar-refractivity contribution is 0.146. The van der Waals surface area contributed by atoms with Gasteiger partial charge in [-0.05, 0) is 41.8 Å². The molecular weight excluding hydrogens is 368 g/mol. The average Bonchev–Trinajstić information content (AvgIpc) is 3.16. The summed E-state index contributed by atoms with van der Waals surface area (Å²) in [7, 11) is 1.65. The third-order valence-corrected chi connectivity index (χ3v) is 4.44. The standard InChI is InChI=1S/C23H26N2O4/c1-27-20-9-10-22-21(15-20)19(16-25-22)11-12-24-23(26)29-14-6-5-13-28-17-18-7-3-2-4-8-18/h2-10,15-16,25H,11-14,17H2,1H3,(H,24,26). The summed E-state index contributed by atoms with van der Waals surface area (Å²) in [5.41, 5.74) is 3.29. The SMILES string of the molecule is COc1ccc2[nH]cc(CCNC(=O)OCC=CCOCc3ccccc3)c2c1. The molecule has 0 spiro atoms. The summed E-state index contributed by atoms with van der Waals surface area (Å²) in [5.74, 6) is 0.810. The number of rotatable bonds is 10. The molecule has 0 radical (unpaired) electrons. The van der Waals surface area contributed by atoms with Gasteiger partial charge in [0.1, 0.15) is 12.4 Å². The van der Waals surface area contributed by atoms with Crippen LogP contribution in [0.4, 0.5) is 4.79 Å². The van der Waals surface area contributed by atoms with Crippen LogP contribution in [-0.4, -0.2) is 37.9 Å². The highest BCUT2D eigenvalue weighted by Crippen LogP contribution is 2.23. The van der Waals surface area contributed by atoms with E-state index >= 15 is 0 Å². The predicted molar refractivity (Wildman–Crippen MR) is 113 cm³/mol. The number of carbonyl (C=O) groups excluding carboxylic acids is 1. The molecule has 1 heterocycles. The third-order valence-electron chi connectivity index (χ3n) is 4.44. The molecule has 6 nitrogen and oxygen atoms in total. The van der Waals surface area contributed by atoms with Gasteiger partial charge in [-0.25, -0.2) is 4.79 Å². The summed E-state index contributed by atoms with van der Waals surface area (Å²) < 4.78 is 15.9. The lowest BCUT2D eigenvalue weighted by Crippen LogP contribution is -2.26. The van der Waals surface area contributed by atoms with Gasteiger partial charge in [0, 0.05) is 23.6 Å². The average molecular weight is 394 g/mol. The Bertz CT molecular complexity index is 934. The van der Waals surface area contributed by atoms with Crippen LogP contribution in [0, 0.1) is 0 Å². The van der Waals surface area contributed by atoms with Gasteiger partial charge in [-0.3, -0.25) is 0 Å². The molecule has 3 aromatic rings. The Morgan fingerprint density at radius 3 is 2.76 bits per heavy atom. The largest absolute Gasteiger partial charge is 0.497 e. The Balaban J connectivity index is 1.30. The molecule has 29 heavy (non-hydrogen) atoms. The maximum atomic E-state index is 11.8. The van der Waals surface area contributed by atoms with Crippen LogP contribution >= 0.6 is 0 Å². The van der Waals surface area contributed by atoms with E-state index in [1.165, 1.54) is 0 Å². The number of hydrogen-bond acceptors (Lipinski definition) is 4. The minimum atomic E-state index is -0.433. The second-order valence-electron chi connectivity index (χ2n) is 6.47. The van der Waals surface area contributed by atoms with Crippen LogP contribution < -0.4 is 10.1 Å². The number of ether oxygens (including phenoxy) is 3. The molecule has 0 saturated heterocycles. The van der Waals surface area contributed by atoms with E-state index in [1.807, 2.05) is 60.8 Å². The van der Waals surface area contributed by atoms with Gasteiger partial charge in [0.2, 0.25) is 0 Å². The van der Waals surface area contributed by atoms with E-state index < -0.39 is 6.09 Å². The van der Waals surface area contributed by atoms with Crippen LogP contribution in [0.5, 0.6) is 5.75 Å². The molecule has 152 valence electrons. The minimum absolute atomic E-state index is 0.213. The van der Waals surface area contributed by atoms with Crippen LogP contribution in [-0.2, 0) is 22.5 Å². The van der Waals surface area contributed by atoms with Gasteiger partial charge in [0.25, 0.3) is 0 Å². The molecule has 0 bridgehead atoms. The number of benzene rings is 2. The number of alkyl carbamates (subject to hydrolysis) is 1. The summed E-state index contributed by atoms with van der Waals surface area (Å²) in [5, 5.41) is 3.86. The zero-order valence-electron chi connectivity index (χ0n) is 16.5. The van der Waals surface area contributed by atoms with E-state index in [2.05, 4.69) is 10.3 Å². The van der Waals surface area contributed by atoms with Crippen molar-refractivity contribution in [2.24, 2.45) is 0 Å². The fourth-order valence-corrected chi connectivity index (χ4v) is 2.92. The van der Waals surface area contributed by atoms with E-state index in [0.29, 0.717) is 26.2 Å². The van der Waals surface area contributed by atoms with Crippen molar-refractivity contribution in [3.8, 4) is 5.75 Å². The maximum absolute atomic E-state index is 11.8. The van der Waals surface area contributed by atoms with Crippen LogP contribution in [0.25, 0.3) is 10.9 Å². The van der Waals surface area contributed by atoms with Gasteiger partial charge in [0.05, 0.1) is 20.3 Å². The van der Waals surface area contributed by atoms with Gasteiger partial charge in [0.15, 0.2) is 0 Å². The first-order valence-corrected chi connectivity index (χ1v) is 9.57. The predicted octanol–water partition coefficient (Wildman–Crippen LogP) is 4.22. The molecule has 3 rings (SSSR count). The number of aromatic amines is 1. The summed E-state index contributed by atoms with van der Waals surface area (Å²) in [6, 6.07) is 15.9. The Morgan fingerprint density at radius 1 is 1.10 bits per heavy atom. The monoisotopic (exact) mass is 394 g/mol. The molecule has 0 atom stereocenters.